The number of nitriles is 1. The molecule has 0 radical (unpaired) electrons. The van der Waals surface area contributed by atoms with Crippen molar-refractivity contribution in [1.29, 1.82) is 5.26 Å². The van der Waals surface area contributed by atoms with Crippen LogP contribution in [0.3, 0.4) is 0 Å². The van der Waals surface area contributed by atoms with Crippen LogP contribution < -0.4 is 20.7 Å². The molecule has 1 aromatic heterocycles. The maximum Gasteiger partial charge on any atom is 0.266 e. The number of thiophene rings is 1. The number of nitrogens with one attached hydrogen (secondary N) is 3. The summed E-state index contributed by atoms with van der Waals surface area (Å²) in [5.74, 6) is -0.264. The third-order valence-electron chi connectivity index (χ3n) is 5.86. The third kappa shape index (κ3) is 6.88. The number of benzene rings is 3. The van der Waals surface area contributed by atoms with E-state index in [1.165, 1.54) is 11.8 Å². The minimum Gasteiger partial charge on any atom is -0.497 e. The van der Waals surface area contributed by atoms with Crippen LogP contribution in [0.5, 0.6) is 5.75 Å². The predicted molar refractivity (Wildman–Crippen MR) is 160 cm³/mol. The van der Waals surface area contributed by atoms with Crippen molar-refractivity contribution in [2.75, 3.05) is 23.1 Å². The molecule has 4 rings (SSSR count). The summed E-state index contributed by atoms with van der Waals surface area (Å²) in [4.78, 5) is 39.7. The van der Waals surface area contributed by atoms with Crippen molar-refractivity contribution in [2.45, 2.75) is 24.0 Å². The molecule has 0 saturated carbocycles. The second-order valence-electron chi connectivity index (χ2n) is 8.65. The summed E-state index contributed by atoms with van der Waals surface area (Å²) in [6.45, 7) is 3.44. The van der Waals surface area contributed by atoms with E-state index in [-0.39, 0.29) is 23.3 Å². The van der Waals surface area contributed by atoms with E-state index in [4.69, 9.17) is 4.74 Å². The zero-order valence-corrected chi connectivity index (χ0v) is 23.6. The Morgan fingerprint density at radius 1 is 0.900 bits per heavy atom. The molecule has 40 heavy (non-hydrogen) atoms. The van der Waals surface area contributed by atoms with Crippen LogP contribution >= 0.6 is 23.1 Å². The van der Waals surface area contributed by atoms with E-state index in [0.29, 0.717) is 38.1 Å². The van der Waals surface area contributed by atoms with Crippen molar-refractivity contribution in [1.82, 2.24) is 0 Å². The second kappa shape index (κ2) is 13.0. The number of methoxy groups -OCH3 is 1. The van der Waals surface area contributed by atoms with Gasteiger partial charge in [-0.2, -0.15) is 5.26 Å². The van der Waals surface area contributed by atoms with Gasteiger partial charge in [-0.05, 0) is 74.0 Å². The number of rotatable bonds is 9. The van der Waals surface area contributed by atoms with Crippen LogP contribution in [-0.4, -0.2) is 30.1 Å². The Bertz CT molecular complexity index is 1580. The largest absolute Gasteiger partial charge is 0.497 e. The Hall–Kier alpha value is -4.59. The Kier molecular flexibility index (Phi) is 9.22. The average molecular weight is 571 g/mol. The summed E-state index contributed by atoms with van der Waals surface area (Å²) in [5, 5.41) is 18.0. The Labute approximate surface area is 240 Å². The van der Waals surface area contributed by atoms with Gasteiger partial charge >= 0.3 is 0 Å². The lowest BCUT2D eigenvalue weighted by Crippen LogP contribution is -2.22. The molecule has 3 amide bonds. The summed E-state index contributed by atoms with van der Waals surface area (Å²) >= 11 is 2.38. The zero-order chi connectivity index (χ0) is 28.6. The zero-order valence-electron chi connectivity index (χ0n) is 22.0. The standard InChI is InChI=1S/C30H26N4O4S2/c1-18-25(17-31)30(40-26(18)29(37)32-21-8-5-4-6-9-21)34-27(35)19(2)39-24-11-7-10-22(16-24)33-28(36)20-12-14-23(38-3)15-13-20/h4-16,19H,1-3H3,(H,32,37)(H,33,36)(H,34,35). The number of para-hydroxylation sites is 1. The molecule has 3 aromatic carbocycles. The lowest BCUT2D eigenvalue weighted by molar-refractivity contribution is -0.115. The van der Waals surface area contributed by atoms with Crippen LogP contribution in [0.1, 0.15) is 38.1 Å². The summed E-state index contributed by atoms with van der Waals surface area (Å²) in [7, 11) is 1.56. The highest BCUT2D eigenvalue weighted by atomic mass is 32.2. The number of carbonyl (C=O) groups excluding carboxylic acids is 3. The van der Waals surface area contributed by atoms with E-state index in [1.807, 2.05) is 24.3 Å². The summed E-state index contributed by atoms with van der Waals surface area (Å²) in [6.07, 6.45) is 0. The molecule has 1 atom stereocenters. The SMILES string of the molecule is COc1ccc(C(=O)Nc2cccc(SC(C)C(=O)Nc3sc(C(=O)Nc4ccccc4)c(C)c3C#N)c2)cc1. The molecule has 1 heterocycles. The van der Waals surface area contributed by atoms with Gasteiger partial charge in [0.25, 0.3) is 11.8 Å². The fourth-order valence-corrected chi connectivity index (χ4v) is 5.71. The maximum atomic E-state index is 13.1. The number of ether oxygens (including phenoxy) is 1. The van der Waals surface area contributed by atoms with Crippen molar-refractivity contribution >= 4 is 57.2 Å². The quantitative estimate of drug-likeness (QED) is 0.196. The van der Waals surface area contributed by atoms with Gasteiger partial charge in [0.2, 0.25) is 5.91 Å². The second-order valence-corrected chi connectivity index (χ2v) is 11.1. The molecule has 0 aliphatic heterocycles. The molecule has 10 heteroatoms. The van der Waals surface area contributed by atoms with Gasteiger partial charge < -0.3 is 20.7 Å². The fraction of sp³-hybridized carbons (Fsp3) is 0.133. The van der Waals surface area contributed by atoms with E-state index in [2.05, 4.69) is 22.0 Å². The highest BCUT2D eigenvalue weighted by Gasteiger charge is 2.23. The Balaban J connectivity index is 1.41. The number of nitrogens with zero attached hydrogens (tertiary/aromatic N) is 1. The molecular formula is C30H26N4O4S2. The summed E-state index contributed by atoms with van der Waals surface area (Å²) in [6, 6.07) is 25.1. The Morgan fingerprint density at radius 2 is 1.57 bits per heavy atom. The number of amides is 3. The van der Waals surface area contributed by atoms with E-state index < -0.39 is 5.25 Å². The molecule has 3 N–H and O–H groups in total. The number of thioether (sulfide) groups is 1. The number of hydrogen-bond donors (Lipinski definition) is 3. The minimum atomic E-state index is -0.525. The number of carbonyl (C=O) groups is 3. The Morgan fingerprint density at radius 3 is 2.25 bits per heavy atom. The van der Waals surface area contributed by atoms with Gasteiger partial charge in [-0.25, -0.2) is 0 Å². The molecule has 0 aliphatic carbocycles. The molecule has 1 unspecified atom stereocenters. The number of anilines is 3. The lowest BCUT2D eigenvalue weighted by atomic mass is 10.1. The molecule has 202 valence electrons. The molecule has 0 fully saturated rings. The molecule has 0 spiro atoms. The molecular weight excluding hydrogens is 544 g/mol. The van der Waals surface area contributed by atoms with Crippen molar-refractivity contribution in [2.24, 2.45) is 0 Å². The lowest BCUT2D eigenvalue weighted by Gasteiger charge is -2.13. The highest BCUT2D eigenvalue weighted by molar-refractivity contribution is 8.00. The van der Waals surface area contributed by atoms with E-state index in [1.54, 1.807) is 75.6 Å². The molecule has 0 saturated heterocycles. The predicted octanol–water partition coefficient (Wildman–Crippen LogP) is 6.56. The minimum absolute atomic E-state index is 0.261. The van der Waals surface area contributed by atoms with Gasteiger partial charge in [0.15, 0.2) is 0 Å². The van der Waals surface area contributed by atoms with Gasteiger partial charge in [0.05, 0.1) is 22.8 Å². The molecule has 8 nitrogen and oxygen atoms in total. The van der Waals surface area contributed by atoms with Crippen molar-refractivity contribution in [3.8, 4) is 11.8 Å². The van der Waals surface area contributed by atoms with Crippen molar-refractivity contribution < 1.29 is 19.1 Å². The normalized spacial score (nSPS) is 11.2. The van der Waals surface area contributed by atoms with Crippen LogP contribution in [-0.2, 0) is 4.79 Å². The van der Waals surface area contributed by atoms with Crippen LogP contribution in [0.25, 0.3) is 0 Å². The molecule has 0 bridgehead atoms. The van der Waals surface area contributed by atoms with Crippen LogP contribution in [0.4, 0.5) is 16.4 Å². The topological polar surface area (TPSA) is 120 Å². The van der Waals surface area contributed by atoms with Gasteiger partial charge in [-0.1, -0.05) is 24.3 Å². The van der Waals surface area contributed by atoms with Crippen molar-refractivity contribution in [3.63, 3.8) is 0 Å². The summed E-state index contributed by atoms with van der Waals surface area (Å²) in [5.41, 5.74) is 2.49. The van der Waals surface area contributed by atoms with Gasteiger partial charge in [-0.15, -0.1) is 23.1 Å². The maximum absolute atomic E-state index is 13.1. The summed E-state index contributed by atoms with van der Waals surface area (Å²) < 4.78 is 5.13. The van der Waals surface area contributed by atoms with Crippen LogP contribution in [0, 0.1) is 18.3 Å². The van der Waals surface area contributed by atoms with Gasteiger partial charge in [0.1, 0.15) is 16.8 Å². The average Bonchev–Trinajstić information content (AvgIpc) is 3.28. The smallest absolute Gasteiger partial charge is 0.266 e. The van der Waals surface area contributed by atoms with Gasteiger partial charge in [-0.3, -0.25) is 14.4 Å². The van der Waals surface area contributed by atoms with Crippen LogP contribution in [0.15, 0.2) is 83.8 Å². The third-order valence-corrected chi connectivity index (χ3v) is 8.16. The number of hydrogen-bond acceptors (Lipinski definition) is 7. The highest BCUT2D eigenvalue weighted by Crippen LogP contribution is 2.34. The first-order valence-electron chi connectivity index (χ1n) is 12.2. The first kappa shape index (κ1) is 28.4. The van der Waals surface area contributed by atoms with Crippen molar-refractivity contribution in [3.05, 3.63) is 100 Å². The first-order chi connectivity index (χ1) is 19.3. The monoisotopic (exact) mass is 570 g/mol. The molecule has 4 aromatic rings. The fourth-order valence-electron chi connectivity index (χ4n) is 3.73. The van der Waals surface area contributed by atoms with Crippen LogP contribution in [0.2, 0.25) is 0 Å². The van der Waals surface area contributed by atoms with Gasteiger partial charge in [0, 0.05) is 21.8 Å². The first-order valence-corrected chi connectivity index (χ1v) is 13.9. The van der Waals surface area contributed by atoms with E-state index in [0.717, 1.165) is 16.2 Å². The van der Waals surface area contributed by atoms with E-state index in [9.17, 15) is 19.6 Å². The van der Waals surface area contributed by atoms with E-state index >= 15 is 0 Å². The molecule has 0 aliphatic rings.